The Morgan fingerprint density at radius 1 is 1.21 bits per heavy atom. The van der Waals surface area contributed by atoms with E-state index in [1.165, 1.54) is 5.56 Å². The maximum atomic E-state index is 6.58. The van der Waals surface area contributed by atoms with Gasteiger partial charge in [-0.2, -0.15) is 0 Å². The van der Waals surface area contributed by atoms with Gasteiger partial charge in [0.1, 0.15) is 5.82 Å². The van der Waals surface area contributed by atoms with Gasteiger partial charge in [0, 0.05) is 23.1 Å². The zero-order valence-electron chi connectivity index (χ0n) is 14.6. The number of benzene rings is 1. The number of piperidine rings is 1. The van der Waals surface area contributed by atoms with Crippen LogP contribution in [0.25, 0.3) is 0 Å². The van der Waals surface area contributed by atoms with E-state index >= 15 is 0 Å². The van der Waals surface area contributed by atoms with E-state index in [-0.39, 0.29) is 5.41 Å². The Morgan fingerprint density at radius 2 is 1.96 bits per heavy atom. The van der Waals surface area contributed by atoms with E-state index in [0.29, 0.717) is 5.92 Å². The molecule has 128 valence electrons. The highest BCUT2D eigenvalue weighted by Crippen LogP contribution is 2.42. The molecule has 1 N–H and O–H groups in total. The number of nitrogens with zero attached hydrogens (tertiary/aromatic N) is 2. The summed E-state index contributed by atoms with van der Waals surface area (Å²) in [5.74, 6) is 1.55. The van der Waals surface area contributed by atoms with Crippen LogP contribution in [0.5, 0.6) is 0 Å². The monoisotopic (exact) mass is 343 g/mol. The van der Waals surface area contributed by atoms with Crippen molar-refractivity contribution in [2.75, 3.05) is 13.1 Å². The van der Waals surface area contributed by atoms with Crippen molar-refractivity contribution in [2.45, 2.75) is 44.9 Å². The molecule has 1 aliphatic rings. The minimum absolute atomic E-state index is 0.114. The minimum Gasteiger partial charge on any atom is -0.317 e. The first-order chi connectivity index (χ1) is 11.7. The Bertz CT molecular complexity index is 680. The summed E-state index contributed by atoms with van der Waals surface area (Å²) in [6.07, 6.45) is 6.02. The van der Waals surface area contributed by atoms with Gasteiger partial charge in [-0.15, -0.1) is 0 Å². The number of halogens is 1. The summed E-state index contributed by atoms with van der Waals surface area (Å²) in [6.45, 7) is 6.43. The lowest BCUT2D eigenvalue weighted by atomic mass is 9.70. The highest BCUT2D eigenvalue weighted by atomic mass is 35.5. The highest BCUT2D eigenvalue weighted by molar-refractivity contribution is 6.31. The molecule has 0 amide bonds. The third-order valence-electron chi connectivity index (χ3n) is 5.27. The Morgan fingerprint density at radius 3 is 2.67 bits per heavy atom. The molecular weight excluding hydrogens is 318 g/mol. The van der Waals surface area contributed by atoms with Crippen molar-refractivity contribution in [3.8, 4) is 0 Å². The van der Waals surface area contributed by atoms with Crippen molar-refractivity contribution in [3.63, 3.8) is 0 Å². The van der Waals surface area contributed by atoms with Crippen LogP contribution in [-0.2, 0) is 11.8 Å². The van der Waals surface area contributed by atoms with Crippen LogP contribution in [0, 0.1) is 5.92 Å². The van der Waals surface area contributed by atoms with E-state index in [2.05, 4.69) is 42.3 Å². The molecule has 1 atom stereocenters. The molecule has 3 nitrogen and oxygen atoms in total. The van der Waals surface area contributed by atoms with Gasteiger partial charge in [-0.25, -0.2) is 9.97 Å². The molecule has 4 heteroatoms. The number of aromatic nitrogens is 2. The minimum atomic E-state index is -0.114. The lowest BCUT2D eigenvalue weighted by Gasteiger charge is -2.38. The molecule has 1 aromatic carbocycles. The van der Waals surface area contributed by atoms with E-state index in [1.807, 2.05) is 18.3 Å². The van der Waals surface area contributed by atoms with Crippen LogP contribution in [0.1, 0.15) is 50.2 Å². The quantitative estimate of drug-likeness (QED) is 0.875. The van der Waals surface area contributed by atoms with Crippen molar-refractivity contribution in [2.24, 2.45) is 5.92 Å². The molecule has 0 bridgehead atoms. The molecule has 2 heterocycles. The lowest BCUT2D eigenvalue weighted by molar-refractivity contribution is 0.352. The highest BCUT2D eigenvalue weighted by Gasteiger charge is 2.38. The number of hydrogen-bond donors (Lipinski definition) is 1. The first kappa shape index (κ1) is 17.4. The lowest BCUT2D eigenvalue weighted by Crippen LogP contribution is -2.41. The predicted molar refractivity (Wildman–Crippen MR) is 99.5 cm³/mol. The molecule has 3 rings (SSSR count). The summed E-state index contributed by atoms with van der Waals surface area (Å²) in [5.41, 5.74) is 2.20. The van der Waals surface area contributed by atoms with E-state index in [1.54, 1.807) is 0 Å². The molecule has 1 fully saturated rings. The fourth-order valence-corrected chi connectivity index (χ4v) is 3.90. The van der Waals surface area contributed by atoms with Crippen LogP contribution in [-0.4, -0.2) is 23.1 Å². The van der Waals surface area contributed by atoms with Gasteiger partial charge in [0.2, 0.25) is 0 Å². The van der Waals surface area contributed by atoms with Gasteiger partial charge in [-0.1, -0.05) is 50.1 Å². The Hall–Kier alpha value is -1.45. The second-order valence-corrected chi connectivity index (χ2v) is 7.29. The van der Waals surface area contributed by atoms with Crippen LogP contribution in [0.2, 0.25) is 5.02 Å². The van der Waals surface area contributed by atoms with Crippen LogP contribution in [0.4, 0.5) is 0 Å². The van der Waals surface area contributed by atoms with Gasteiger partial charge in [0.05, 0.1) is 5.69 Å². The Balaban J connectivity index is 2.04. The second-order valence-electron chi connectivity index (χ2n) is 6.89. The summed E-state index contributed by atoms with van der Waals surface area (Å²) in [6, 6.07) is 10.3. The van der Waals surface area contributed by atoms with Gasteiger partial charge >= 0.3 is 0 Å². The van der Waals surface area contributed by atoms with Crippen LogP contribution >= 0.6 is 11.6 Å². The summed E-state index contributed by atoms with van der Waals surface area (Å²) in [4.78, 5) is 9.49. The first-order valence-corrected chi connectivity index (χ1v) is 9.31. The topological polar surface area (TPSA) is 37.8 Å². The third kappa shape index (κ3) is 3.47. The summed E-state index contributed by atoms with van der Waals surface area (Å²) in [7, 11) is 0. The zero-order chi connectivity index (χ0) is 17.0. The van der Waals surface area contributed by atoms with Crippen molar-refractivity contribution < 1.29 is 0 Å². The Kier molecular flexibility index (Phi) is 5.52. The smallest absolute Gasteiger partial charge is 0.128 e. The van der Waals surface area contributed by atoms with Crippen molar-refractivity contribution >= 4 is 11.6 Å². The maximum absolute atomic E-state index is 6.58. The van der Waals surface area contributed by atoms with Gasteiger partial charge < -0.3 is 5.32 Å². The largest absolute Gasteiger partial charge is 0.317 e. The van der Waals surface area contributed by atoms with Gasteiger partial charge in [-0.05, 0) is 49.5 Å². The van der Waals surface area contributed by atoms with E-state index in [0.717, 1.165) is 55.3 Å². The van der Waals surface area contributed by atoms with Crippen molar-refractivity contribution in [1.82, 2.24) is 15.3 Å². The summed E-state index contributed by atoms with van der Waals surface area (Å²) < 4.78 is 0. The summed E-state index contributed by atoms with van der Waals surface area (Å²) >= 11 is 6.58. The molecule has 0 saturated carbocycles. The molecule has 0 radical (unpaired) electrons. The van der Waals surface area contributed by atoms with Crippen molar-refractivity contribution in [1.29, 1.82) is 0 Å². The predicted octanol–water partition coefficient (Wildman–Crippen LogP) is 4.39. The van der Waals surface area contributed by atoms with Crippen LogP contribution in [0.15, 0.2) is 36.5 Å². The molecule has 1 aliphatic heterocycles. The normalized spacial score (nSPS) is 18.3. The molecule has 2 aromatic rings. The fourth-order valence-electron chi connectivity index (χ4n) is 3.59. The molecule has 0 spiro atoms. The second kappa shape index (κ2) is 7.62. The van der Waals surface area contributed by atoms with Gasteiger partial charge in [-0.3, -0.25) is 0 Å². The number of hydrogen-bond acceptors (Lipinski definition) is 3. The molecular formula is C20H26ClN3. The van der Waals surface area contributed by atoms with E-state index in [4.69, 9.17) is 16.6 Å². The molecule has 1 saturated heterocycles. The van der Waals surface area contributed by atoms with Crippen LogP contribution in [0.3, 0.4) is 0 Å². The van der Waals surface area contributed by atoms with E-state index < -0.39 is 0 Å². The van der Waals surface area contributed by atoms with Crippen LogP contribution < -0.4 is 5.32 Å². The molecule has 24 heavy (non-hydrogen) atoms. The Labute approximate surface area is 149 Å². The standard InChI is InChI=1S/C20H26ClN3/c1-3-15(2)14-19-23-11-8-18(24-19)20(9-12-22-13-10-20)16-6-4-5-7-17(16)21/h4-8,11,15,22H,3,9-10,12-14H2,1-2H3/t15-/m1/s1. The molecule has 1 aromatic heterocycles. The zero-order valence-corrected chi connectivity index (χ0v) is 15.3. The van der Waals surface area contributed by atoms with E-state index in [9.17, 15) is 0 Å². The maximum Gasteiger partial charge on any atom is 0.128 e. The average molecular weight is 344 g/mol. The molecule has 0 unspecified atom stereocenters. The number of nitrogens with one attached hydrogen (secondary N) is 1. The number of rotatable bonds is 5. The van der Waals surface area contributed by atoms with Gasteiger partial charge in [0.15, 0.2) is 0 Å². The van der Waals surface area contributed by atoms with Gasteiger partial charge in [0.25, 0.3) is 0 Å². The molecule has 0 aliphatic carbocycles. The first-order valence-electron chi connectivity index (χ1n) is 8.94. The summed E-state index contributed by atoms with van der Waals surface area (Å²) in [5, 5.41) is 4.30. The average Bonchev–Trinajstić information content (AvgIpc) is 2.63. The van der Waals surface area contributed by atoms with Crippen molar-refractivity contribution in [3.05, 3.63) is 58.6 Å². The third-order valence-corrected chi connectivity index (χ3v) is 5.60. The SMILES string of the molecule is CC[C@@H](C)Cc1nccc(C2(c3ccccc3Cl)CCNCC2)n1. The fraction of sp³-hybridized carbons (Fsp3) is 0.500.